The van der Waals surface area contributed by atoms with E-state index in [1.807, 2.05) is 50.4 Å². The minimum atomic E-state index is -3.63. The summed E-state index contributed by atoms with van der Waals surface area (Å²) in [4.78, 5) is 25.7. The van der Waals surface area contributed by atoms with Gasteiger partial charge in [0.05, 0.1) is 21.7 Å². The third kappa shape index (κ3) is 6.04. The molecule has 2 aromatic heterocycles. The molecule has 194 valence electrons. The number of thiazole rings is 1. The van der Waals surface area contributed by atoms with Crippen LogP contribution < -0.4 is 4.90 Å². The SMILES string of the molecule is CCCN(CCC)S(=O)(=O)c1ccc(C(=O)N(Cc2cccnc2)c2nc3c(SC)cccc3s2)cc1. The van der Waals surface area contributed by atoms with E-state index in [0.29, 0.717) is 30.3 Å². The molecule has 0 saturated heterocycles. The van der Waals surface area contributed by atoms with Crippen molar-refractivity contribution in [3.8, 4) is 0 Å². The Labute approximate surface area is 226 Å². The van der Waals surface area contributed by atoms with Gasteiger partial charge in [-0.15, -0.1) is 11.8 Å². The molecule has 0 aliphatic carbocycles. The van der Waals surface area contributed by atoms with Crippen molar-refractivity contribution < 1.29 is 13.2 Å². The Balaban J connectivity index is 1.69. The maximum atomic E-state index is 13.8. The van der Waals surface area contributed by atoms with Gasteiger partial charge in [-0.25, -0.2) is 13.4 Å². The number of fused-ring (bicyclic) bond motifs is 1. The van der Waals surface area contributed by atoms with Gasteiger partial charge in [-0.05, 0) is 67.1 Å². The molecule has 0 bridgehead atoms. The minimum Gasteiger partial charge on any atom is -0.279 e. The molecule has 0 spiro atoms. The Morgan fingerprint density at radius 3 is 2.35 bits per heavy atom. The molecule has 2 aromatic carbocycles. The van der Waals surface area contributed by atoms with Crippen molar-refractivity contribution in [2.45, 2.75) is 43.0 Å². The second-order valence-electron chi connectivity index (χ2n) is 8.48. The van der Waals surface area contributed by atoms with Gasteiger partial charge in [0.25, 0.3) is 5.91 Å². The lowest BCUT2D eigenvalue weighted by Crippen LogP contribution is -2.33. The van der Waals surface area contributed by atoms with E-state index in [0.717, 1.165) is 33.5 Å². The summed E-state index contributed by atoms with van der Waals surface area (Å²) in [6.45, 7) is 5.14. The number of nitrogens with zero attached hydrogens (tertiary/aromatic N) is 4. The third-order valence-electron chi connectivity index (χ3n) is 5.82. The first-order chi connectivity index (χ1) is 17.9. The van der Waals surface area contributed by atoms with Gasteiger partial charge < -0.3 is 0 Å². The Bertz CT molecular complexity index is 1450. The first kappa shape index (κ1) is 27.3. The average Bonchev–Trinajstić information content (AvgIpc) is 3.36. The second kappa shape index (κ2) is 12.2. The van der Waals surface area contributed by atoms with Gasteiger partial charge in [-0.2, -0.15) is 4.31 Å². The van der Waals surface area contributed by atoms with Crippen LogP contribution in [0.2, 0.25) is 0 Å². The Morgan fingerprint density at radius 2 is 1.73 bits per heavy atom. The maximum Gasteiger partial charge on any atom is 0.260 e. The lowest BCUT2D eigenvalue weighted by atomic mass is 10.2. The van der Waals surface area contributed by atoms with Crippen molar-refractivity contribution in [1.29, 1.82) is 0 Å². The summed E-state index contributed by atoms with van der Waals surface area (Å²) in [5, 5.41) is 0.583. The number of rotatable bonds is 11. The molecule has 0 N–H and O–H groups in total. The predicted molar refractivity (Wildman–Crippen MR) is 152 cm³/mol. The second-order valence-corrected chi connectivity index (χ2v) is 12.3. The highest BCUT2D eigenvalue weighted by Gasteiger charge is 2.26. The highest BCUT2D eigenvalue weighted by atomic mass is 32.2. The zero-order valence-electron chi connectivity index (χ0n) is 21.1. The van der Waals surface area contributed by atoms with Crippen LogP contribution in [0.1, 0.15) is 42.6 Å². The van der Waals surface area contributed by atoms with E-state index in [2.05, 4.69) is 4.98 Å². The van der Waals surface area contributed by atoms with Gasteiger partial charge in [0.2, 0.25) is 10.0 Å². The third-order valence-corrected chi connectivity index (χ3v) is 9.54. The fourth-order valence-electron chi connectivity index (χ4n) is 4.02. The van der Waals surface area contributed by atoms with Crippen molar-refractivity contribution in [1.82, 2.24) is 14.3 Å². The van der Waals surface area contributed by atoms with Gasteiger partial charge in [-0.3, -0.25) is 14.7 Å². The number of benzene rings is 2. The van der Waals surface area contributed by atoms with E-state index in [1.54, 1.807) is 41.2 Å². The number of hydrogen-bond donors (Lipinski definition) is 0. The van der Waals surface area contributed by atoms with E-state index in [9.17, 15) is 13.2 Å². The van der Waals surface area contributed by atoms with Gasteiger partial charge in [-0.1, -0.05) is 37.3 Å². The van der Waals surface area contributed by atoms with E-state index in [1.165, 1.54) is 27.8 Å². The van der Waals surface area contributed by atoms with E-state index in [4.69, 9.17) is 4.98 Å². The molecule has 4 rings (SSSR count). The van der Waals surface area contributed by atoms with Crippen LogP contribution in [-0.4, -0.2) is 47.9 Å². The highest BCUT2D eigenvalue weighted by Crippen LogP contribution is 2.35. The average molecular weight is 555 g/mol. The van der Waals surface area contributed by atoms with Crippen molar-refractivity contribution in [2.24, 2.45) is 0 Å². The molecular weight excluding hydrogens is 525 g/mol. The van der Waals surface area contributed by atoms with Gasteiger partial charge in [0.1, 0.15) is 0 Å². The van der Waals surface area contributed by atoms with Gasteiger partial charge >= 0.3 is 0 Å². The number of anilines is 1. The summed E-state index contributed by atoms with van der Waals surface area (Å²) in [5.74, 6) is -0.253. The molecule has 37 heavy (non-hydrogen) atoms. The molecule has 7 nitrogen and oxygen atoms in total. The van der Waals surface area contributed by atoms with Gasteiger partial charge in [0.15, 0.2) is 5.13 Å². The van der Waals surface area contributed by atoms with Crippen LogP contribution in [0.4, 0.5) is 5.13 Å². The number of aromatic nitrogens is 2. The summed E-state index contributed by atoms with van der Waals surface area (Å²) >= 11 is 3.07. The molecule has 4 aromatic rings. The number of pyridine rings is 1. The van der Waals surface area contributed by atoms with Crippen molar-refractivity contribution in [2.75, 3.05) is 24.2 Å². The molecule has 0 aliphatic heterocycles. The van der Waals surface area contributed by atoms with E-state index >= 15 is 0 Å². The molecule has 1 amide bonds. The Kier molecular flexibility index (Phi) is 8.96. The molecule has 0 radical (unpaired) electrons. The number of sulfonamides is 1. The lowest BCUT2D eigenvalue weighted by molar-refractivity contribution is 0.0985. The van der Waals surface area contributed by atoms with Crippen LogP contribution in [0.15, 0.2) is 76.8 Å². The molecule has 0 atom stereocenters. The molecule has 2 heterocycles. The van der Waals surface area contributed by atoms with Crippen LogP contribution in [0.3, 0.4) is 0 Å². The molecular formula is C27H30N4O3S3. The zero-order chi connectivity index (χ0) is 26.4. The zero-order valence-corrected chi connectivity index (χ0v) is 23.6. The first-order valence-electron chi connectivity index (χ1n) is 12.1. The number of thioether (sulfide) groups is 1. The normalized spacial score (nSPS) is 11.8. The smallest absolute Gasteiger partial charge is 0.260 e. The molecule has 0 saturated carbocycles. The predicted octanol–water partition coefficient (Wildman–Crippen LogP) is 6.07. The van der Waals surface area contributed by atoms with E-state index < -0.39 is 10.0 Å². The van der Waals surface area contributed by atoms with Gasteiger partial charge in [0, 0.05) is 35.9 Å². The fourth-order valence-corrected chi connectivity index (χ4v) is 7.26. The summed E-state index contributed by atoms with van der Waals surface area (Å²) < 4.78 is 28.8. The molecule has 0 aliphatic rings. The Hall–Kier alpha value is -2.79. The molecule has 0 unspecified atom stereocenters. The van der Waals surface area contributed by atoms with Crippen molar-refractivity contribution in [3.05, 3.63) is 78.1 Å². The number of carbonyl (C=O) groups is 1. The number of para-hydroxylation sites is 1. The summed E-state index contributed by atoms with van der Waals surface area (Å²) in [6.07, 6.45) is 6.90. The number of hydrogen-bond acceptors (Lipinski definition) is 7. The standard InChI is InChI=1S/C27H30N4O3S3/c1-4-16-30(17-5-2)37(33,34)22-13-11-21(12-14-22)26(32)31(19-20-8-7-15-28-18-20)27-29-25-23(35-3)9-6-10-24(25)36-27/h6-15,18H,4-5,16-17,19H2,1-3H3. The lowest BCUT2D eigenvalue weighted by Gasteiger charge is -2.22. The maximum absolute atomic E-state index is 13.8. The monoisotopic (exact) mass is 554 g/mol. The highest BCUT2D eigenvalue weighted by molar-refractivity contribution is 7.98. The van der Waals surface area contributed by atoms with Crippen LogP contribution in [0.25, 0.3) is 10.2 Å². The topological polar surface area (TPSA) is 83.5 Å². The summed E-state index contributed by atoms with van der Waals surface area (Å²) in [5.41, 5.74) is 2.13. The van der Waals surface area contributed by atoms with Crippen LogP contribution in [0.5, 0.6) is 0 Å². The first-order valence-corrected chi connectivity index (χ1v) is 15.6. The quantitative estimate of drug-likeness (QED) is 0.209. The largest absolute Gasteiger partial charge is 0.279 e. The van der Waals surface area contributed by atoms with Crippen molar-refractivity contribution >= 4 is 54.4 Å². The summed E-state index contributed by atoms with van der Waals surface area (Å²) in [6, 6.07) is 16.0. The van der Waals surface area contributed by atoms with Crippen LogP contribution in [-0.2, 0) is 16.6 Å². The number of carbonyl (C=O) groups excluding carboxylic acids is 1. The van der Waals surface area contributed by atoms with Crippen LogP contribution >= 0.6 is 23.1 Å². The fraction of sp³-hybridized carbons (Fsp3) is 0.296. The summed E-state index contributed by atoms with van der Waals surface area (Å²) in [7, 11) is -3.63. The minimum absolute atomic E-state index is 0.189. The van der Waals surface area contributed by atoms with E-state index in [-0.39, 0.29) is 10.8 Å². The molecule has 0 fully saturated rings. The van der Waals surface area contributed by atoms with Crippen molar-refractivity contribution in [3.63, 3.8) is 0 Å². The van der Waals surface area contributed by atoms with Crippen LogP contribution in [0, 0.1) is 0 Å². The molecule has 10 heteroatoms. The Morgan fingerprint density at radius 1 is 1.00 bits per heavy atom. The number of amides is 1.